The van der Waals surface area contributed by atoms with Crippen molar-refractivity contribution in [2.45, 2.75) is 50.0 Å². The van der Waals surface area contributed by atoms with Gasteiger partial charge >= 0.3 is 0 Å². The van der Waals surface area contributed by atoms with Crippen LogP contribution in [0.3, 0.4) is 0 Å². The zero-order chi connectivity index (χ0) is 19.2. The molecule has 3 atom stereocenters. The summed E-state index contributed by atoms with van der Waals surface area (Å²) in [5.74, 6) is -0.789. The van der Waals surface area contributed by atoms with E-state index in [1.54, 1.807) is 0 Å². The molecular weight excluding hydrogens is 368 g/mol. The monoisotopic (exact) mass is 391 g/mol. The number of nitrogens with two attached hydrogens (primary N) is 1. The molecule has 144 valence electrons. The van der Waals surface area contributed by atoms with Gasteiger partial charge in [-0.3, -0.25) is 0 Å². The van der Waals surface area contributed by atoms with Gasteiger partial charge in [0.15, 0.2) is 11.6 Å². The number of fused-ring (bicyclic) bond motifs is 3. The van der Waals surface area contributed by atoms with Gasteiger partial charge < -0.3 is 10.5 Å². The molecule has 0 radical (unpaired) electrons. The standard InChI is InChI=1S/C22H24ClF2NO/c1-2-21(26)9-10-22(11-14-3-5-16(23)6-4-14)15(12-21)13-27-20-18(25)8-7-17(24)19(20)22/h3-8,15H,2,9-13,26H2,1H3/t15-,21+,22+/m0/s1. The predicted octanol–water partition coefficient (Wildman–Crippen LogP) is 5.40. The van der Waals surface area contributed by atoms with E-state index in [2.05, 4.69) is 6.92 Å². The van der Waals surface area contributed by atoms with Gasteiger partial charge in [0.1, 0.15) is 5.82 Å². The molecule has 2 aromatic carbocycles. The van der Waals surface area contributed by atoms with Crippen LogP contribution in [0.15, 0.2) is 36.4 Å². The molecule has 1 heterocycles. The van der Waals surface area contributed by atoms with Crippen LogP contribution in [0.25, 0.3) is 0 Å². The minimum Gasteiger partial charge on any atom is -0.490 e. The summed E-state index contributed by atoms with van der Waals surface area (Å²) < 4.78 is 35.2. The summed E-state index contributed by atoms with van der Waals surface area (Å²) in [5, 5.41) is 0.660. The Labute approximate surface area is 163 Å². The van der Waals surface area contributed by atoms with Gasteiger partial charge in [-0.1, -0.05) is 30.7 Å². The van der Waals surface area contributed by atoms with Gasteiger partial charge in [0.2, 0.25) is 0 Å². The van der Waals surface area contributed by atoms with Crippen LogP contribution in [0.1, 0.15) is 43.7 Å². The molecular formula is C22H24ClF2NO. The molecule has 2 nitrogen and oxygen atoms in total. The third-order valence-corrected chi connectivity index (χ3v) is 6.88. The van der Waals surface area contributed by atoms with Gasteiger partial charge in [-0.15, -0.1) is 0 Å². The number of benzene rings is 2. The van der Waals surface area contributed by atoms with Crippen LogP contribution in [0.4, 0.5) is 8.78 Å². The van der Waals surface area contributed by atoms with E-state index in [4.69, 9.17) is 22.1 Å². The second kappa shape index (κ2) is 6.75. The third-order valence-electron chi connectivity index (χ3n) is 6.63. The highest BCUT2D eigenvalue weighted by Gasteiger charge is 2.53. The van der Waals surface area contributed by atoms with Gasteiger partial charge in [-0.05, 0) is 61.9 Å². The molecule has 5 heteroatoms. The van der Waals surface area contributed by atoms with Gasteiger partial charge in [0.25, 0.3) is 0 Å². The van der Waals surface area contributed by atoms with Crippen LogP contribution in [0, 0.1) is 17.6 Å². The molecule has 1 aliphatic carbocycles. The molecule has 0 spiro atoms. The quantitative estimate of drug-likeness (QED) is 0.760. The fourth-order valence-electron chi connectivity index (χ4n) is 4.94. The Morgan fingerprint density at radius 1 is 1.11 bits per heavy atom. The molecule has 4 rings (SSSR count). The summed E-state index contributed by atoms with van der Waals surface area (Å²) in [4.78, 5) is 0. The molecule has 0 saturated heterocycles. The summed E-state index contributed by atoms with van der Waals surface area (Å²) in [7, 11) is 0. The maximum Gasteiger partial charge on any atom is 0.165 e. The Hall–Kier alpha value is -1.65. The third kappa shape index (κ3) is 3.13. The van der Waals surface area contributed by atoms with Crippen molar-refractivity contribution in [3.8, 4) is 5.75 Å². The minimum atomic E-state index is -0.522. The smallest absolute Gasteiger partial charge is 0.165 e. The fourth-order valence-corrected chi connectivity index (χ4v) is 5.07. The molecule has 1 saturated carbocycles. The molecule has 1 aliphatic heterocycles. The Kier molecular flexibility index (Phi) is 4.68. The van der Waals surface area contributed by atoms with Crippen molar-refractivity contribution in [3.63, 3.8) is 0 Å². The van der Waals surface area contributed by atoms with Crippen molar-refractivity contribution in [2.75, 3.05) is 6.61 Å². The van der Waals surface area contributed by atoms with Gasteiger partial charge in [-0.25, -0.2) is 8.78 Å². The van der Waals surface area contributed by atoms with Crippen molar-refractivity contribution in [2.24, 2.45) is 11.7 Å². The number of rotatable bonds is 3. The molecule has 0 unspecified atom stereocenters. The van der Waals surface area contributed by atoms with E-state index in [0.717, 1.165) is 30.9 Å². The lowest BCUT2D eigenvalue weighted by Crippen LogP contribution is -2.56. The summed E-state index contributed by atoms with van der Waals surface area (Å²) in [6, 6.07) is 9.97. The van der Waals surface area contributed by atoms with E-state index in [9.17, 15) is 4.39 Å². The van der Waals surface area contributed by atoms with Gasteiger partial charge in [0, 0.05) is 27.5 Å². The zero-order valence-corrected chi connectivity index (χ0v) is 16.2. The largest absolute Gasteiger partial charge is 0.490 e. The average Bonchev–Trinajstić information content (AvgIpc) is 2.66. The normalized spacial score (nSPS) is 29.6. The zero-order valence-electron chi connectivity index (χ0n) is 15.4. The van der Waals surface area contributed by atoms with Crippen LogP contribution < -0.4 is 10.5 Å². The fraction of sp³-hybridized carbons (Fsp3) is 0.455. The summed E-state index contributed by atoms with van der Waals surface area (Å²) in [5.41, 5.74) is 7.22. The van der Waals surface area contributed by atoms with E-state index in [-0.39, 0.29) is 17.2 Å². The molecule has 2 N–H and O–H groups in total. The molecule has 0 aromatic heterocycles. The highest BCUT2D eigenvalue weighted by molar-refractivity contribution is 6.30. The first-order valence-electron chi connectivity index (χ1n) is 9.51. The number of ether oxygens (including phenoxy) is 1. The first kappa shape index (κ1) is 18.7. The topological polar surface area (TPSA) is 35.2 Å². The van der Waals surface area contributed by atoms with Crippen LogP contribution >= 0.6 is 11.6 Å². The molecule has 2 aliphatic rings. The van der Waals surface area contributed by atoms with Crippen LogP contribution in [-0.2, 0) is 11.8 Å². The van der Waals surface area contributed by atoms with Crippen LogP contribution in [0.5, 0.6) is 5.75 Å². The van der Waals surface area contributed by atoms with Crippen molar-refractivity contribution in [3.05, 3.63) is 64.2 Å². The lowest BCUT2D eigenvalue weighted by Gasteiger charge is -2.53. The lowest BCUT2D eigenvalue weighted by molar-refractivity contribution is 0.0422. The first-order chi connectivity index (χ1) is 12.9. The van der Waals surface area contributed by atoms with Crippen molar-refractivity contribution >= 4 is 11.6 Å². The molecule has 0 bridgehead atoms. The minimum absolute atomic E-state index is 0.0377. The molecule has 1 fully saturated rings. The maximum atomic E-state index is 15.0. The van der Waals surface area contributed by atoms with Gasteiger partial charge in [-0.2, -0.15) is 0 Å². The highest BCUT2D eigenvalue weighted by atomic mass is 35.5. The SMILES string of the molecule is CC[C@@]1(N)CC[C@]2(Cc3ccc(Cl)cc3)c3c(F)ccc(F)c3OC[C@@H]2C1. The Morgan fingerprint density at radius 3 is 2.52 bits per heavy atom. The maximum absolute atomic E-state index is 15.0. The second-order valence-corrected chi connectivity index (χ2v) is 8.56. The highest BCUT2D eigenvalue weighted by Crippen LogP contribution is 2.55. The predicted molar refractivity (Wildman–Crippen MR) is 103 cm³/mol. The Balaban J connectivity index is 1.84. The van der Waals surface area contributed by atoms with E-state index >= 15 is 4.39 Å². The Morgan fingerprint density at radius 2 is 1.81 bits per heavy atom. The molecule has 2 aromatic rings. The number of hydrogen-bond donors (Lipinski definition) is 1. The van der Waals surface area contributed by atoms with Crippen LogP contribution in [-0.4, -0.2) is 12.1 Å². The van der Waals surface area contributed by atoms with Crippen molar-refractivity contribution < 1.29 is 13.5 Å². The summed E-state index contributed by atoms with van der Waals surface area (Å²) in [6.07, 6.45) is 3.71. The second-order valence-electron chi connectivity index (χ2n) is 8.12. The van der Waals surface area contributed by atoms with Crippen molar-refractivity contribution in [1.29, 1.82) is 0 Å². The lowest BCUT2D eigenvalue weighted by atomic mass is 9.55. The first-order valence-corrected chi connectivity index (χ1v) is 9.89. The van der Waals surface area contributed by atoms with Crippen LogP contribution in [0.2, 0.25) is 5.02 Å². The van der Waals surface area contributed by atoms with Crippen molar-refractivity contribution in [1.82, 2.24) is 0 Å². The van der Waals surface area contributed by atoms with E-state index in [1.165, 1.54) is 6.07 Å². The summed E-state index contributed by atoms with van der Waals surface area (Å²) in [6.45, 7) is 2.45. The number of halogens is 3. The van der Waals surface area contributed by atoms with E-state index < -0.39 is 17.0 Å². The van der Waals surface area contributed by atoms with E-state index in [0.29, 0.717) is 30.0 Å². The molecule has 27 heavy (non-hydrogen) atoms. The summed E-state index contributed by atoms with van der Waals surface area (Å²) >= 11 is 6.03. The molecule has 0 amide bonds. The number of hydrogen-bond acceptors (Lipinski definition) is 2. The van der Waals surface area contributed by atoms with E-state index in [1.807, 2.05) is 24.3 Å². The van der Waals surface area contributed by atoms with Gasteiger partial charge in [0.05, 0.1) is 6.61 Å². The average molecular weight is 392 g/mol. The Bertz CT molecular complexity index is 856.